The summed E-state index contributed by atoms with van der Waals surface area (Å²) in [5.74, 6) is 0.474. The number of hydrogen-bond donors (Lipinski definition) is 1. The molecule has 0 aliphatic carbocycles. The van der Waals surface area contributed by atoms with Crippen molar-refractivity contribution in [2.75, 3.05) is 24.3 Å². The number of aromatic nitrogens is 2. The van der Waals surface area contributed by atoms with E-state index in [0.29, 0.717) is 12.3 Å². The van der Waals surface area contributed by atoms with Gasteiger partial charge in [0.15, 0.2) is 5.69 Å². The topological polar surface area (TPSA) is 70.1 Å². The lowest BCUT2D eigenvalue weighted by Crippen LogP contribution is -2.09. The average molecular weight is 229 g/mol. The SMILES string of the molecule is CCOC(=O)c1nn(CCSC)cc1N. The highest BCUT2D eigenvalue weighted by Gasteiger charge is 2.15. The Kier molecular flexibility index (Phi) is 4.48. The van der Waals surface area contributed by atoms with Crippen molar-refractivity contribution >= 4 is 23.4 Å². The van der Waals surface area contributed by atoms with Crippen LogP contribution < -0.4 is 5.73 Å². The summed E-state index contributed by atoms with van der Waals surface area (Å²) in [4.78, 5) is 11.4. The molecular weight excluding hydrogens is 214 g/mol. The van der Waals surface area contributed by atoms with E-state index in [4.69, 9.17) is 10.5 Å². The molecule has 0 saturated carbocycles. The van der Waals surface area contributed by atoms with Crippen LogP contribution in [0.3, 0.4) is 0 Å². The zero-order valence-corrected chi connectivity index (χ0v) is 9.71. The maximum Gasteiger partial charge on any atom is 0.361 e. The van der Waals surface area contributed by atoms with Gasteiger partial charge in [-0.25, -0.2) is 4.79 Å². The number of carbonyl (C=O) groups is 1. The number of carbonyl (C=O) groups excluding carboxylic acids is 1. The van der Waals surface area contributed by atoms with Gasteiger partial charge in [-0.05, 0) is 13.2 Å². The van der Waals surface area contributed by atoms with Gasteiger partial charge in [0.05, 0.1) is 18.8 Å². The average Bonchev–Trinajstić information content (AvgIpc) is 2.57. The van der Waals surface area contributed by atoms with Crippen molar-refractivity contribution in [2.24, 2.45) is 0 Å². The molecule has 84 valence electrons. The molecule has 1 aromatic heterocycles. The minimum Gasteiger partial charge on any atom is -0.461 e. The van der Waals surface area contributed by atoms with Crippen LogP contribution >= 0.6 is 11.8 Å². The number of esters is 1. The normalized spacial score (nSPS) is 10.3. The second-order valence-electron chi connectivity index (χ2n) is 2.91. The summed E-state index contributed by atoms with van der Waals surface area (Å²) in [6.45, 7) is 2.82. The van der Waals surface area contributed by atoms with E-state index in [9.17, 15) is 4.79 Å². The molecule has 1 rings (SSSR count). The Morgan fingerprint density at radius 2 is 2.47 bits per heavy atom. The molecule has 0 atom stereocenters. The third-order valence-electron chi connectivity index (χ3n) is 1.78. The lowest BCUT2D eigenvalue weighted by atomic mass is 10.4. The fraction of sp³-hybridized carbons (Fsp3) is 0.556. The first-order valence-corrected chi connectivity index (χ1v) is 6.07. The van der Waals surface area contributed by atoms with Crippen LogP contribution in [0.15, 0.2) is 6.20 Å². The van der Waals surface area contributed by atoms with Gasteiger partial charge in [0.1, 0.15) is 0 Å². The Hall–Kier alpha value is -1.17. The number of ether oxygens (including phenoxy) is 1. The molecule has 0 saturated heterocycles. The molecule has 0 aliphatic heterocycles. The Balaban J connectivity index is 2.72. The van der Waals surface area contributed by atoms with Gasteiger partial charge in [-0.3, -0.25) is 4.68 Å². The van der Waals surface area contributed by atoms with Crippen LogP contribution in [0.2, 0.25) is 0 Å². The van der Waals surface area contributed by atoms with Crippen molar-refractivity contribution in [3.05, 3.63) is 11.9 Å². The number of thioether (sulfide) groups is 1. The molecule has 2 N–H and O–H groups in total. The van der Waals surface area contributed by atoms with E-state index in [2.05, 4.69) is 5.10 Å². The van der Waals surface area contributed by atoms with E-state index in [1.54, 1.807) is 29.6 Å². The fourth-order valence-corrected chi connectivity index (χ4v) is 1.46. The van der Waals surface area contributed by atoms with Crippen molar-refractivity contribution in [2.45, 2.75) is 13.5 Å². The van der Waals surface area contributed by atoms with E-state index in [-0.39, 0.29) is 5.69 Å². The standard InChI is InChI=1S/C9H15N3O2S/c1-3-14-9(13)8-7(10)6-12(11-8)4-5-15-2/h6H,3-5,10H2,1-2H3. The van der Waals surface area contributed by atoms with Gasteiger partial charge in [-0.15, -0.1) is 0 Å². The number of hydrogen-bond acceptors (Lipinski definition) is 5. The Bertz CT molecular complexity index is 338. The molecule has 1 heterocycles. The monoisotopic (exact) mass is 229 g/mol. The molecule has 0 radical (unpaired) electrons. The fourth-order valence-electron chi connectivity index (χ4n) is 1.09. The molecule has 6 heteroatoms. The van der Waals surface area contributed by atoms with Crippen molar-refractivity contribution in [3.63, 3.8) is 0 Å². The van der Waals surface area contributed by atoms with Crippen molar-refractivity contribution in [1.29, 1.82) is 0 Å². The van der Waals surface area contributed by atoms with Gasteiger partial charge in [0.2, 0.25) is 0 Å². The molecule has 0 amide bonds. The zero-order chi connectivity index (χ0) is 11.3. The highest BCUT2D eigenvalue weighted by Crippen LogP contribution is 2.10. The number of nitrogens with zero attached hydrogens (tertiary/aromatic N) is 2. The van der Waals surface area contributed by atoms with E-state index < -0.39 is 5.97 Å². The van der Waals surface area contributed by atoms with E-state index in [1.165, 1.54) is 0 Å². The predicted molar refractivity (Wildman–Crippen MR) is 61.0 cm³/mol. The molecular formula is C9H15N3O2S. The summed E-state index contributed by atoms with van der Waals surface area (Å²) in [6, 6.07) is 0. The summed E-state index contributed by atoms with van der Waals surface area (Å²) >= 11 is 1.71. The zero-order valence-electron chi connectivity index (χ0n) is 8.90. The van der Waals surface area contributed by atoms with Crippen LogP contribution in [0, 0.1) is 0 Å². The van der Waals surface area contributed by atoms with E-state index in [0.717, 1.165) is 12.3 Å². The van der Waals surface area contributed by atoms with Gasteiger partial charge in [0.25, 0.3) is 0 Å². The molecule has 0 aromatic carbocycles. The number of nitrogens with two attached hydrogens (primary N) is 1. The van der Waals surface area contributed by atoms with Gasteiger partial charge in [-0.1, -0.05) is 0 Å². The summed E-state index contributed by atoms with van der Waals surface area (Å²) in [5, 5.41) is 4.07. The molecule has 0 unspecified atom stereocenters. The van der Waals surface area contributed by atoms with Crippen molar-refractivity contribution in [1.82, 2.24) is 9.78 Å². The number of nitrogen functional groups attached to an aromatic ring is 1. The predicted octanol–water partition coefficient (Wildman–Crippen LogP) is 1.01. The molecule has 0 aliphatic rings. The Morgan fingerprint density at radius 1 is 1.73 bits per heavy atom. The smallest absolute Gasteiger partial charge is 0.361 e. The second-order valence-corrected chi connectivity index (χ2v) is 3.89. The molecule has 0 spiro atoms. The Morgan fingerprint density at radius 3 is 3.07 bits per heavy atom. The van der Waals surface area contributed by atoms with Crippen molar-refractivity contribution < 1.29 is 9.53 Å². The lowest BCUT2D eigenvalue weighted by molar-refractivity contribution is 0.0519. The molecule has 0 bridgehead atoms. The maximum atomic E-state index is 11.4. The molecule has 15 heavy (non-hydrogen) atoms. The maximum absolute atomic E-state index is 11.4. The van der Waals surface area contributed by atoms with E-state index in [1.807, 2.05) is 6.26 Å². The third-order valence-corrected chi connectivity index (χ3v) is 2.37. The molecule has 1 aromatic rings. The highest BCUT2D eigenvalue weighted by molar-refractivity contribution is 7.98. The van der Waals surface area contributed by atoms with Crippen LogP contribution in [0.25, 0.3) is 0 Å². The quantitative estimate of drug-likeness (QED) is 0.763. The summed E-state index contributed by atoms with van der Waals surface area (Å²) < 4.78 is 6.49. The van der Waals surface area contributed by atoms with E-state index >= 15 is 0 Å². The summed E-state index contributed by atoms with van der Waals surface area (Å²) in [7, 11) is 0. The van der Waals surface area contributed by atoms with Crippen LogP contribution in [-0.2, 0) is 11.3 Å². The number of rotatable bonds is 5. The highest BCUT2D eigenvalue weighted by atomic mass is 32.2. The minimum atomic E-state index is -0.460. The minimum absolute atomic E-state index is 0.206. The van der Waals surface area contributed by atoms with Gasteiger partial charge in [0, 0.05) is 11.9 Å². The van der Waals surface area contributed by atoms with Crippen LogP contribution in [-0.4, -0.2) is 34.4 Å². The van der Waals surface area contributed by atoms with Crippen LogP contribution in [0.5, 0.6) is 0 Å². The summed E-state index contributed by atoms with van der Waals surface area (Å²) in [6.07, 6.45) is 3.67. The van der Waals surface area contributed by atoms with Gasteiger partial charge in [-0.2, -0.15) is 16.9 Å². The largest absolute Gasteiger partial charge is 0.461 e. The van der Waals surface area contributed by atoms with Crippen molar-refractivity contribution in [3.8, 4) is 0 Å². The van der Waals surface area contributed by atoms with Crippen LogP contribution in [0.4, 0.5) is 5.69 Å². The summed E-state index contributed by atoms with van der Waals surface area (Å²) in [5.41, 5.74) is 6.23. The second kappa shape index (κ2) is 5.65. The Labute approximate surface area is 93.0 Å². The number of anilines is 1. The first kappa shape index (κ1) is 11.9. The van der Waals surface area contributed by atoms with Crippen LogP contribution in [0.1, 0.15) is 17.4 Å². The molecule has 0 fully saturated rings. The van der Waals surface area contributed by atoms with Gasteiger partial charge >= 0.3 is 5.97 Å². The number of aryl methyl sites for hydroxylation is 1. The first-order valence-electron chi connectivity index (χ1n) is 4.68. The lowest BCUT2D eigenvalue weighted by Gasteiger charge is -1.98. The first-order chi connectivity index (χ1) is 7.19. The van der Waals surface area contributed by atoms with Gasteiger partial charge < -0.3 is 10.5 Å². The molecule has 5 nitrogen and oxygen atoms in total. The third kappa shape index (κ3) is 3.16.